The smallest absolute Gasteiger partial charge is 0.343 e. The standard InChI is InChI=1S/C35H31Cl2FN2O8S/c1-5-45-27-16-22(10-11-26(27)47-18-29(41)44-4)31-30(34(43)46-6-2)19(3)39-35-40(31)33(42)28(49-35)15-21-13-24(36)32(25(37)14-21)48-17-20-8-7-9-23(38)12-20/h7-16,31H,5-6,17-18H2,1-4H3/b28-15-/t31-/m1/s1. The third-order valence-corrected chi connectivity index (χ3v) is 8.81. The van der Waals surface area contributed by atoms with Crippen molar-refractivity contribution in [1.29, 1.82) is 0 Å². The van der Waals surface area contributed by atoms with Crippen LogP contribution in [0.25, 0.3) is 6.08 Å². The predicted molar refractivity (Wildman–Crippen MR) is 183 cm³/mol. The van der Waals surface area contributed by atoms with Crippen LogP contribution in [0.3, 0.4) is 0 Å². The van der Waals surface area contributed by atoms with Gasteiger partial charge in [-0.1, -0.05) is 52.7 Å². The highest BCUT2D eigenvalue weighted by Crippen LogP contribution is 2.37. The molecule has 1 aromatic heterocycles. The summed E-state index contributed by atoms with van der Waals surface area (Å²) in [4.78, 5) is 44.1. The Morgan fingerprint density at radius 3 is 2.43 bits per heavy atom. The molecule has 0 N–H and O–H groups in total. The van der Waals surface area contributed by atoms with Crippen LogP contribution < -0.4 is 29.1 Å². The van der Waals surface area contributed by atoms with Crippen LogP contribution in [-0.2, 0) is 25.7 Å². The van der Waals surface area contributed by atoms with Crippen LogP contribution >= 0.6 is 34.5 Å². The summed E-state index contributed by atoms with van der Waals surface area (Å²) in [6, 6.07) is 13.2. The Kier molecular flexibility index (Phi) is 11.4. The number of esters is 2. The number of allylic oxidation sites excluding steroid dienone is 1. The van der Waals surface area contributed by atoms with Crippen molar-refractivity contribution in [3.05, 3.63) is 118 Å². The Labute approximate surface area is 294 Å². The summed E-state index contributed by atoms with van der Waals surface area (Å²) in [5.41, 5.74) is 1.77. The fourth-order valence-corrected chi connectivity index (χ4v) is 6.78. The maximum absolute atomic E-state index is 14.1. The van der Waals surface area contributed by atoms with E-state index in [0.717, 1.165) is 11.3 Å². The fraction of sp³-hybridized carbons (Fsp3) is 0.257. The minimum Gasteiger partial charge on any atom is -0.490 e. The van der Waals surface area contributed by atoms with Gasteiger partial charge in [-0.2, -0.15) is 0 Å². The van der Waals surface area contributed by atoms with E-state index in [2.05, 4.69) is 9.73 Å². The molecule has 3 aromatic carbocycles. The molecule has 1 aliphatic rings. The summed E-state index contributed by atoms with van der Waals surface area (Å²) in [5.74, 6) is -0.801. The highest BCUT2D eigenvalue weighted by Gasteiger charge is 2.34. The molecule has 49 heavy (non-hydrogen) atoms. The summed E-state index contributed by atoms with van der Waals surface area (Å²) in [5, 5.41) is 0.387. The maximum atomic E-state index is 14.1. The first-order chi connectivity index (χ1) is 23.5. The van der Waals surface area contributed by atoms with E-state index in [4.69, 9.17) is 42.1 Å². The number of benzene rings is 3. The quantitative estimate of drug-likeness (QED) is 0.169. The minimum absolute atomic E-state index is 0.0424. The van der Waals surface area contributed by atoms with E-state index >= 15 is 0 Å². The number of methoxy groups -OCH3 is 1. The Balaban J connectivity index is 1.57. The zero-order valence-corrected chi connectivity index (χ0v) is 29.2. The Hall–Kier alpha value is -4.65. The molecular formula is C35H31Cl2FN2O8S. The van der Waals surface area contributed by atoms with Crippen molar-refractivity contribution in [2.75, 3.05) is 26.9 Å². The van der Waals surface area contributed by atoms with Gasteiger partial charge in [0.05, 0.1) is 52.2 Å². The molecule has 0 unspecified atom stereocenters. The predicted octanol–water partition coefficient (Wildman–Crippen LogP) is 5.77. The number of rotatable bonds is 12. The summed E-state index contributed by atoms with van der Waals surface area (Å²) in [6.45, 7) is 5.24. The Bertz CT molecular complexity index is 2110. The number of hydrogen-bond donors (Lipinski definition) is 0. The van der Waals surface area contributed by atoms with Crippen LogP contribution in [0.4, 0.5) is 4.39 Å². The molecular weight excluding hydrogens is 698 g/mol. The fourth-order valence-electron chi connectivity index (χ4n) is 5.12. The van der Waals surface area contributed by atoms with Gasteiger partial charge in [0, 0.05) is 0 Å². The Morgan fingerprint density at radius 1 is 1.00 bits per heavy atom. The largest absolute Gasteiger partial charge is 0.490 e. The first-order valence-corrected chi connectivity index (χ1v) is 16.6. The molecule has 0 fully saturated rings. The zero-order chi connectivity index (χ0) is 35.2. The number of hydrogen-bond acceptors (Lipinski definition) is 10. The third-order valence-electron chi connectivity index (χ3n) is 7.26. The average molecular weight is 730 g/mol. The summed E-state index contributed by atoms with van der Waals surface area (Å²) in [7, 11) is 1.25. The van der Waals surface area contributed by atoms with Crippen molar-refractivity contribution in [3.63, 3.8) is 0 Å². The second-order valence-corrected chi connectivity index (χ2v) is 12.4. The van der Waals surface area contributed by atoms with Gasteiger partial charge in [-0.25, -0.2) is 19.0 Å². The molecule has 2 heterocycles. The van der Waals surface area contributed by atoms with Crippen LogP contribution in [-0.4, -0.2) is 43.4 Å². The van der Waals surface area contributed by atoms with E-state index in [1.165, 1.54) is 23.8 Å². The number of aromatic nitrogens is 1. The number of nitrogens with zero attached hydrogens (tertiary/aromatic N) is 2. The van der Waals surface area contributed by atoms with Crippen molar-refractivity contribution in [3.8, 4) is 17.2 Å². The van der Waals surface area contributed by atoms with Gasteiger partial charge in [0.25, 0.3) is 5.56 Å². The topological polar surface area (TPSA) is 115 Å². The van der Waals surface area contributed by atoms with Crippen molar-refractivity contribution >= 4 is 52.6 Å². The molecule has 256 valence electrons. The van der Waals surface area contributed by atoms with Crippen LogP contribution in [0, 0.1) is 5.82 Å². The summed E-state index contributed by atoms with van der Waals surface area (Å²) >= 11 is 14.2. The van der Waals surface area contributed by atoms with E-state index in [0.29, 0.717) is 37.5 Å². The van der Waals surface area contributed by atoms with Crippen LogP contribution in [0.15, 0.2) is 75.7 Å². The van der Waals surface area contributed by atoms with Crippen molar-refractivity contribution in [2.24, 2.45) is 4.99 Å². The molecule has 1 aliphatic heterocycles. The van der Waals surface area contributed by atoms with Crippen molar-refractivity contribution in [2.45, 2.75) is 33.4 Å². The molecule has 0 spiro atoms. The first kappa shape index (κ1) is 35.7. The van der Waals surface area contributed by atoms with Crippen LogP contribution in [0.1, 0.15) is 43.5 Å². The maximum Gasteiger partial charge on any atom is 0.343 e. The SMILES string of the molecule is CCOC(=O)C1=C(C)N=c2s/c(=C\c3cc(Cl)c(OCc4cccc(F)c4)c(Cl)c3)c(=O)n2[C@@H]1c1ccc(OCC(=O)OC)c(OCC)c1. The number of carbonyl (C=O) groups excluding carboxylic acids is 2. The van der Waals surface area contributed by atoms with E-state index in [1.54, 1.807) is 69.3 Å². The minimum atomic E-state index is -0.933. The van der Waals surface area contributed by atoms with Gasteiger partial charge < -0.3 is 23.7 Å². The monoisotopic (exact) mass is 728 g/mol. The molecule has 0 saturated heterocycles. The molecule has 0 amide bonds. The Morgan fingerprint density at radius 2 is 1.76 bits per heavy atom. The van der Waals surface area contributed by atoms with Crippen LogP contribution in [0.5, 0.6) is 17.2 Å². The van der Waals surface area contributed by atoms with E-state index < -0.39 is 29.4 Å². The van der Waals surface area contributed by atoms with Crippen LogP contribution in [0.2, 0.25) is 10.0 Å². The van der Waals surface area contributed by atoms with Gasteiger partial charge in [0.15, 0.2) is 28.7 Å². The number of halogens is 3. The van der Waals surface area contributed by atoms with E-state index in [9.17, 15) is 18.8 Å². The molecule has 4 aromatic rings. The summed E-state index contributed by atoms with van der Waals surface area (Å²) in [6.07, 6.45) is 1.62. The van der Waals surface area contributed by atoms with Gasteiger partial charge in [0.1, 0.15) is 12.4 Å². The average Bonchev–Trinajstić information content (AvgIpc) is 3.36. The first-order valence-electron chi connectivity index (χ1n) is 15.1. The van der Waals surface area contributed by atoms with Crippen molar-refractivity contribution < 1.29 is 37.7 Å². The highest BCUT2D eigenvalue weighted by atomic mass is 35.5. The van der Waals surface area contributed by atoms with Gasteiger partial charge in [0.2, 0.25) is 0 Å². The number of fused-ring (bicyclic) bond motifs is 1. The number of thiazole rings is 1. The lowest BCUT2D eigenvalue weighted by Gasteiger charge is -2.25. The van der Waals surface area contributed by atoms with E-state index in [1.807, 2.05) is 0 Å². The lowest BCUT2D eigenvalue weighted by atomic mass is 9.95. The van der Waals surface area contributed by atoms with Gasteiger partial charge in [-0.05, 0) is 79.9 Å². The number of carbonyl (C=O) groups is 2. The second-order valence-electron chi connectivity index (χ2n) is 10.5. The molecule has 0 radical (unpaired) electrons. The lowest BCUT2D eigenvalue weighted by molar-refractivity contribution is -0.143. The molecule has 5 rings (SSSR count). The normalized spacial score (nSPS) is 14.2. The molecule has 14 heteroatoms. The van der Waals surface area contributed by atoms with Gasteiger partial charge in [-0.3, -0.25) is 9.36 Å². The highest BCUT2D eigenvalue weighted by molar-refractivity contribution is 7.07. The number of ether oxygens (including phenoxy) is 5. The van der Waals surface area contributed by atoms with Crippen molar-refractivity contribution in [1.82, 2.24) is 4.57 Å². The second kappa shape index (κ2) is 15.7. The third kappa shape index (κ3) is 7.98. The molecule has 0 bridgehead atoms. The lowest BCUT2D eigenvalue weighted by Crippen LogP contribution is -2.40. The molecule has 10 nitrogen and oxygen atoms in total. The van der Waals surface area contributed by atoms with Gasteiger partial charge >= 0.3 is 11.9 Å². The summed E-state index contributed by atoms with van der Waals surface area (Å²) < 4.78 is 42.6. The molecule has 1 atom stereocenters. The van der Waals surface area contributed by atoms with E-state index in [-0.39, 0.29) is 53.5 Å². The zero-order valence-electron chi connectivity index (χ0n) is 26.9. The van der Waals surface area contributed by atoms with Gasteiger partial charge in [-0.15, -0.1) is 0 Å². The molecule has 0 saturated carbocycles. The molecule has 0 aliphatic carbocycles.